The molecule has 1 saturated heterocycles. The molecule has 6 N–H and O–H groups in total. The van der Waals surface area contributed by atoms with Crippen molar-refractivity contribution in [3.8, 4) is 0 Å². The van der Waals surface area contributed by atoms with Crippen LogP contribution < -0.4 is 31.6 Å². The molecule has 12 nitrogen and oxygen atoms in total. The van der Waals surface area contributed by atoms with Gasteiger partial charge >= 0.3 is 0 Å². The first-order valence-corrected chi connectivity index (χ1v) is 16.5. The summed E-state index contributed by atoms with van der Waals surface area (Å²) in [5.74, 6) is -1.72. The lowest BCUT2D eigenvalue weighted by atomic mass is 9.97. The summed E-state index contributed by atoms with van der Waals surface area (Å²) in [6, 6.07) is 0.455. The highest BCUT2D eigenvalue weighted by molar-refractivity contribution is 5.98. The Labute approximate surface area is 268 Å². The maximum atomic E-state index is 13.5. The molecule has 12 heteroatoms. The maximum Gasteiger partial charge on any atom is 0.252 e. The quantitative estimate of drug-likeness (QED) is 0.186. The van der Waals surface area contributed by atoms with Crippen molar-refractivity contribution < 1.29 is 29.0 Å². The van der Waals surface area contributed by atoms with E-state index in [1.807, 2.05) is 67.2 Å². The smallest absolute Gasteiger partial charge is 0.252 e. The van der Waals surface area contributed by atoms with Crippen LogP contribution in [0, 0.1) is 18.8 Å². The summed E-state index contributed by atoms with van der Waals surface area (Å²) < 4.78 is 0. The second kappa shape index (κ2) is 17.8. The minimum atomic E-state index is -0.811. The van der Waals surface area contributed by atoms with Gasteiger partial charge < -0.3 is 26.6 Å². The van der Waals surface area contributed by atoms with E-state index in [1.165, 1.54) is 0 Å². The number of likely N-dealkylation sites (N-methyl/N-ethyl adjacent to an activating group) is 1. The molecular formula is C33H56N7O5+. The van der Waals surface area contributed by atoms with Gasteiger partial charge in [-0.25, -0.2) is 4.98 Å². The average Bonchev–Trinajstić information content (AvgIpc) is 3.36. The molecule has 1 unspecified atom stereocenters. The Balaban J connectivity index is 2.07. The van der Waals surface area contributed by atoms with Crippen molar-refractivity contribution in [3.05, 3.63) is 29.6 Å². The first-order valence-electron chi connectivity index (χ1n) is 16.5. The van der Waals surface area contributed by atoms with E-state index in [4.69, 9.17) is 0 Å². The van der Waals surface area contributed by atoms with Gasteiger partial charge in [0.15, 0.2) is 11.9 Å². The lowest BCUT2D eigenvalue weighted by Crippen LogP contribution is -2.57. The summed E-state index contributed by atoms with van der Waals surface area (Å²) in [6.07, 6.45) is 4.09. The molecule has 1 aromatic rings. The molecule has 0 aromatic carbocycles. The molecule has 1 aliphatic rings. The van der Waals surface area contributed by atoms with Crippen molar-refractivity contribution in [1.82, 2.24) is 31.5 Å². The van der Waals surface area contributed by atoms with Crippen LogP contribution in [0.15, 0.2) is 18.3 Å². The molecule has 252 valence electrons. The first kappa shape index (κ1) is 37.6. The van der Waals surface area contributed by atoms with Crippen molar-refractivity contribution in [3.63, 3.8) is 0 Å². The fraction of sp³-hybridized carbons (Fsp3) is 0.697. The number of hydrogen-bond donors (Lipinski definition) is 5. The number of nitrogens with zero attached hydrogens (tertiary/aromatic N) is 1. The second-order valence-corrected chi connectivity index (χ2v) is 12.7. The molecule has 0 saturated carbocycles. The Bertz CT molecular complexity index is 1180. The van der Waals surface area contributed by atoms with Gasteiger partial charge in [0, 0.05) is 44.2 Å². The van der Waals surface area contributed by atoms with Gasteiger partial charge in [0.2, 0.25) is 23.6 Å². The van der Waals surface area contributed by atoms with E-state index >= 15 is 0 Å². The van der Waals surface area contributed by atoms with E-state index in [2.05, 4.69) is 31.6 Å². The first-order chi connectivity index (χ1) is 21.2. The van der Waals surface area contributed by atoms with E-state index in [0.29, 0.717) is 44.3 Å². The molecule has 1 aromatic heterocycles. The molecule has 1 fully saturated rings. The van der Waals surface area contributed by atoms with E-state index < -0.39 is 30.1 Å². The largest absolute Gasteiger partial charge is 0.355 e. The van der Waals surface area contributed by atoms with Crippen LogP contribution in [-0.2, 0) is 19.2 Å². The Kier molecular flexibility index (Phi) is 14.9. The van der Waals surface area contributed by atoms with Crippen LogP contribution in [0.2, 0.25) is 0 Å². The van der Waals surface area contributed by atoms with Crippen molar-refractivity contribution in [2.45, 2.75) is 124 Å². The third kappa shape index (κ3) is 10.8. The minimum absolute atomic E-state index is 0.0152. The molecule has 2 rings (SSSR count). The zero-order chi connectivity index (χ0) is 33.8. The number of likely N-dealkylation sites (tertiary alicyclic amines) is 1. The average molecular weight is 631 g/mol. The molecule has 0 bridgehead atoms. The third-order valence-electron chi connectivity index (χ3n) is 8.64. The minimum Gasteiger partial charge on any atom is -0.355 e. The van der Waals surface area contributed by atoms with Gasteiger partial charge in [0.05, 0.1) is 11.6 Å². The zero-order valence-electron chi connectivity index (χ0n) is 28.6. The van der Waals surface area contributed by atoms with Crippen molar-refractivity contribution >= 4 is 29.5 Å². The van der Waals surface area contributed by atoms with Crippen molar-refractivity contribution in [2.75, 3.05) is 13.1 Å². The van der Waals surface area contributed by atoms with Gasteiger partial charge in [-0.05, 0) is 45.4 Å². The summed E-state index contributed by atoms with van der Waals surface area (Å²) in [5, 5.41) is 14.6. The third-order valence-corrected chi connectivity index (χ3v) is 8.64. The number of carbonyl (C=O) groups is 5. The topological polar surface area (TPSA) is 163 Å². The van der Waals surface area contributed by atoms with Gasteiger partial charge in [-0.3, -0.25) is 28.9 Å². The van der Waals surface area contributed by atoms with Gasteiger partial charge in [-0.1, -0.05) is 47.5 Å². The summed E-state index contributed by atoms with van der Waals surface area (Å²) in [4.78, 5) is 70.7. The van der Waals surface area contributed by atoms with E-state index in [0.717, 1.165) is 5.69 Å². The summed E-state index contributed by atoms with van der Waals surface area (Å²) in [7, 11) is 0. The number of aromatic amines is 1. The summed E-state index contributed by atoms with van der Waals surface area (Å²) in [6.45, 7) is 18.0. The molecule has 5 amide bonds. The van der Waals surface area contributed by atoms with Gasteiger partial charge in [0.1, 0.15) is 18.1 Å². The van der Waals surface area contributed by atoms with Crippen LogP contribution in [0.5, 0.6) is 0 Å². The van der Waals surface area contributed by atoms with Crippen molar-refractivity contribution in [1.29, 1.82) is 0 Å². The second-order valence-electron chi connectivity index (χ2n) is 12.7. The van der Waals surface area contributed by atoms with Crippen molar-refractivity contribution in [2.24, 2.45) is 11.8 Å². The number of rotatable bonds is 16. The number of aryl methyl sites for hydroxylation is 1. The molecule has 0 aliphatic carbocycles. The predicted molar refractivity (Wildman–Crippen MR) is 173 cm³/mol. The fourth-order valence-corrected chi connectivity index (χ4v) is 5.72. The number of carbonyl (C=O) groups excluding carboxylic acids is 5. The van der Waals surface area contributed by atoms with Gasteiger partial charge in [-0.2, -0.15) is 0 Å². The van der Waals surface area contributed by atoms with Gasteiger partial charge in [0.25, 0.3) is 5.91 Å². The summed E-state index contributed by atoms with van der Waals surface area (Å²) >= 11 is 0. The van der Waals surface area contributed by atoms with Gasteiger partial charge in [-0.15, -0.1) is 0 Å². The van der Waals surface area contributed by atoms with Crippen LogP contribution in [-0.4, -0.2) is 83.8 Å². The predicted octanol–water partition coefficient (Wildman–Crippen LogP) is 1.48. The van der Waals surface area contributed by atoms with Crippen LogP contribution in [0.3, 0.4) is 0 Å². The molecule has 1 aliphatic heterocycles. The molecular weight excluding hydrogens is 574 g/mol. The SMILES string of the molecule is CCC[C@H](NC(=O)[C@@H](NC(=O)c1cc[nH+]c(C)c1)[C@@H](C)CC)C(=O)N[C@H]1CC(C)N([C@@H](C)C(=O)N[C@H](C(=O)NCC)C(C)C)C1. The van der Waals surface area contributed by atoms with E-state index in [9.17, 15) is 24.0 Å². The fourth-order valence-electron chi connectivity index (χ4n) is 5.72. The monoisotopic (exact) mass is 630 g/mol. The maximum absolute atomic E-state index is 13.5. The zero-order valence-corrected chi connectivity index (χ0v) is 28.6. The standard InChI is InChI=1S/C33H55N7O5/c1-10-13-26(37-33(45)28(20(6)11-2)39-30(42)24-14-15-35-21(7)16-24)31(43)36-25-17-22(8)40(18-25)23(9)29(41)38-27(19(4)5)32(44)34-12-3/h14-16,19-20,22-23,25-28H,10-13,17-18H2,1-9H3,(H,34,44)(H,36,43)(H,37,45)(H,38,41)(H,39,42)/p+1/t20-,22?,23-,25-,26-,27-,28-/m0/s1. The number of H-pyrrole nitrogens is 1. The molecule has 45 heavy (non-hydrogen) atoms. The summed E-state index contributed by atoms with van der Waals surface area (Å²) in [5.41, 5.74) is 1.27. The number of aromatic nitrogens is 1. The molecule has 2 heterocycles. The molecule has 7 atom stereocenters. The van der Waals surface area contributed by atoms with Crippen LogP contribution in [0.25, 0.3) is 0 Å². The number of pyridine rings is 1. The highest BCUT2D eigenvalue weighted by atomic mass is 16.2. The number of hydrogen-bond acceptors (Lipinski definition) is 6. The lowest BCUT2D eigenvalue weighted by Gasteiger charge is -2.30. The van der Waals surface area contributed by atoms with E-state index in [-0.39, 0.29) is 47.5 Å². The van der Waals surface area contributed by atoms with Crippen LogP contribution in [0.1, 0.15) is 97.1 Å². The highest BCUT2D eigenvalue weighted by Crippen LogP contribution is 2.21. The number of amides is 5. The Morgan fingerprint density at radius 2 is 1.62 bits per heavy atom. The normalized spacial score (nSPS) is 20.0. The Morgan fingerprint density at radius 3 is 2.20 bits per heavy atom. The molecule has 0 radical (unpaired) electrons. The highest BCUT2D eigenvalue weighted by Gasteiger charge is 2.38. The van der Waals surface area contributed by atoms with Crippen LogP contribution >= 0.6 is 0 Å². The van der Waals surface area contributed by atoms with E-state index in [1.54, 1.807) is 18.3 Å². The molecule has 0 spiro atoms. The number of nitrogens with one attached hydrogen (secondary N) is 6. The lowest BCUT2D eigenvalue weighted by molar-refractivity contribution is -0.387. The Hall–Kier alpha value is -3.54. The van der Waals surface area contributed by atoms with Crippen LogP contribution in [0.4, 0.5) is 0 Å². The Morgan fingerprint density at radius 1 is 0.933 bits per heavy atom.